The molecule has 8 nitrogen and oxygen atoms in total. The maximum absolute atomic E-state index is 15.2. The molecule has 0 spiro atoms. The lowest BCUT2D eigenvalue weighted by molar-refractivity contribution is -0.192. The van der Waals surface area contributed by atoms with Gasteiger partial charge < -0.3 is 4.74 Å². The number of hydrogen-bond acceptors (Lipinski definition) is 7. The van der Waals surface area contributed by atoms with Crippen LogP contribution < -0.4 is 9.46 Å². The smallest absolute Gasteiger partial charge is 0.391 e. The molecule has 3 atom stereocenters. The van der Waals surface area contributed by atoms with Crippen molar-refractivity contribution in [3.8, 4) is 5.75 Å². The average Bonchev–Trinajstić information content (AvgIpc) is 3.48. The van der Waals surface area contributed by atoms with Crippen LogP contribution in [0.1, 0.15) is 42.6 Å². The number of anilines is 1. The van der Waals surface area contributed by atoms with Crippen molar-refractivity contribution in [1.29, 1.82) is 0 Å². The van der Waals surface area contributed by atoms with Crippen LogP contribution in [0.3, 0.4) is 0 Å². The summed E-state index contributed by atoms with van der Waals surface area (Å²) in [6.07, 6.45) is -1.19. The summed E-state index contributed by atoms with van der Waals surface area (Å²) in [5.41, 5.74) is 1.04. The van der Waals surface area contributed by atoms with Crippen molar-refractivity contribution in [2.24, 2.45) is 13.0 Å². The van der Waals surface area contributed by atoms with Crippen LogP contribution in [-0.2, 0) is 17.1 Å². The number of rotatable bonds is 5. The largest absolute Gasteiger partial charge is 0.493 e. The van der Waals surface area contributed by atoms with Crippen LogP contribution in [0, 0.1) is 11.7 Å². The fourth-order valence-electron chi connectivity index (χ4n) is 5.02. The van der Waals surface area contributed by atoms with Gasteiger partial charge in [0.1, 0.15) is 16.5 Å². The number of nitrogens with zero attached hydrogens (tertiary/aromatic N) is 4. The second-order valence-corrected chi connectivity index (χ2v) is 11.4. The topological polar surface area (TPSA) is 89.4 Å². The van der Waals surface area contributed by atoms with Crippen LogP contribution in [0.4, 0.5) is 22.7 Å². The van der Waals surface area contributed by atoms with Crippen LogP contribution >= 0.6 is 11.3 Å². The number of alkyl halides is 3. The zero-order valence-electron chi connectivity index (χ0n) is 19.1. The molecule has 0 bridgehead atoms. The highest BCUT2D eigenvalue weighted by Crippen LogP contribution is 2.48. The zero-order valence-corrected chi connectivity index (χ0v) is 20.7. The first-order chi connectivity index (χ1) is 17.0. The minimum absolute atomic E-state index is 0.0861. The van der Waals surface area contributed by atoms with Gasteiger partial charge in [-0.1, -0.05) is 0 Å². The van der Waals surface area contributed by atoms with E-state index in [1.54, 1.807) is 23.2 Å². The SMILES string of the molecule is Cn1nccc1[C@H]1CC(C(F)(F)F)CCN1[C@H]1CCOc2cc(S(=O)(=O)Nc3nccs3)c(F)cc21. The molecule has 2 aliphatic rings. The summed E-state index contributed by atoms with van der Waals surface area (Å²) >= 11 is 1.05. The summed E-state index contributed by atoms with van der Waals surface area (Å²) in [6.45, 7) is 0.345. The van der Waals surface area contributed by atoms with Gasteiger partial charge in [0.05, 0.1) is 24.3 Å². The second-order valence-electron chi connectivity index (χ2n) is 8.81. The molecule has 0 amide bonds. The van der Waals surface area contributed by atoms with E-state index >= 15 is 4.39 Å². The molecule has 1 unspecified atom stereocenters. The highest BCUT2D eigenvalue weighted by molar-refractivity contribution is 7.93. The number of nitrogens with one attached hydrogen (secondary N) is 1. The van der Waals surface area contributed by atoms with E-state index in [0.29, 0.717) is 17.7 Å². The Morgan fingerprint density at radius 2 is 2.00 bits per heavy atom. The van der Waals surface area contributed by atoms with Gasteiger partial charge in [-0.15, -0.1) is 11.3 Å². The van der Waals surface area contributed by atoms with Crippen molar-refractivity contribution in [2.75, 3.05) is 17.9 Å². The summed E-state index contributed by atoms with van der Waals surface area (Å²) in [5.74, 6) is -2.25. The third-order valence-corrected chi connectivity index (χ3v) is 8.89. The molecule has 0 saturated carbocycles. The predicted molar refractivity (Wildman–Crippen MR) is 124 cm³/mol. The molecular formula is C22H23F4N5O3S2. The quantitative estimate of drug-likeness (QED) is 0.470. The Kier molecular flexibility index (Phi) is 6.45. The molecular weight excluding hydrogens is 522 g/mol. The van der Waals surface area contributed by atoms with Crippen LogP contribution in [0.15, 0.2) is 40.9 Å². The predicted octanol–water partition coefficient (Wildman–Crippen LogP) is 4.66. The number of thiazole rings is 1. The first-order valence-electron chi connectivity index (χ1n) is 11.2. The third kappa shape index (κ3) is 4.68. The first kappa shape index (κ1) is 25.0. The molecule has 1 fully saturated rings. The van der Waals surface area contributed by atoms with E-state index in [9.17, 15) is 21.6 Å². The number of hydrogen-bond donors (Lipinski definition) is 1. The average molecular weight is 546 g/mol. The zero-order chi connectivity index (χ0) is 25.7. The number of benzene rings is 1. The lowest BCUT2D eigenvalue weighted by Gasteiger charge is -2.45. The molecule has 1 saturated heterocycles. The number of ether oxygens (including phenoxy) is 1. The van der Waals surface area contributed by atoms with Gasteiger partial charge in [0.15, 0.2) is 5.13 Å². The molecule has 194 valence electrons. The molecule has 1 N–H and O–H groups in total. The number of piperidine rings is 1. The Labute approximate surface area is 208 Å². The fourth-order valence-corrected chi connectivity index (χ4v) is 6.89. The van der Waals surface area contributed by atoms with Crippen LogP contribution in [0.2, 0.25) is 0 Å². The standard InChI is InChI=1S/C22H23F4N5O3S2/c1-30-17(2-5-28-30)18-10-13(22(24,25)26)3-7-31(18)16-4-8-34-19-12-20(15(23)11-14(16)19)36(32,33)29-21-27-6-9-35-21/h2,5-6,9,11-13,16,18H,3-4,7-8,10H2,1H3,(H,27,29)/t13?,16-,18+/m0/s1. The Bertz CT molecular complexity index is 1340. The van der Waals surface area contributed by atoms with Crippen molar-refractivity contribution in [3.05, 3.63) is 53.0 Å². The molecule has 5 rings (SSSR count). The van der Waals surface area contributed by atoms with Crippen molar-refractivity contribution in [1.82, 2.24) is 19.7 Å². The van der Waals surface area contributed by atoms with Crippen molar-refractivity contribution in [3.63, 3.8) is 0 Å². The van der Waals surface area contributed by atoms with E-state index < -0.39 is 44.9 Å². The number of aromatic nitrogens is 3. The Morgan fingerprint density at radius 1 is 1.19 bits per heavy atom. The summed E-state index contributed by atoms with van der Waals surface area (Å²) in [6, 6.07) is 2.88. The van der Waals surface area contributed by atoms with Gasteiger partial charge in [0.25, 0.3) is 10.0 Å². The maximum Gasteiger partial charge on any atom is 0.391 e. The molecule has 3 aromatic rings. The molecule has 1 aromatic carbocycles. The molecule has 36 heavy (non-hydrogen) atoms. The number of fused-ring (bicyclic) bond motifs is 1. The highest BCUT2D eigenvalue weighted by Gasteiger charge is 2.47. The minimum Gasteiger partial charge on any atom is -0.493 e. The Hall–Kier alpha value is -2.71. The molecule has 0 aliphatic carbocycles. The molecule has 2 aliphatic heterocycles. The van der Waals surface area contributed by atoms with E-state index in [1.165, 1.54) is 12.4 Å². The summed E-state index contributed by atoms with van der Waals surface area (Å²) < 4.78 is 91.2. The molecule has 2 aromatic heterocycles. The lowest BCUT2D eigenvalue weighted by atomic mass is 9.85. The summed E-state index contributed by atoms with van der Waals surface area (Å²) in [4.78, 5) is 5.21. The molecule has 0 radical (unpaired) electrons. The lowest BCUT2D eigenvalue weighted by Crippen LogP contribution is -2.44. The minimum atomic E-state index is -4.32. The monoisotopic (exact) mass is 545 g/mol. The van der Waals surface area contributed by atoms with E-state index in [0.717, 1.165) is 23.5 Å². The van der Waals surface area contributed by atoms with Crippen molar-refractivity contribution < 1.29 is 30.7 Å². The number of halogens is 4. The maximum atomic E-state index is 15.2. The van der Waals surface area contributed by atoms with Gasteiger partial charge in [-0.3, -0.25) is 14.3 Å². The van der Waals surface area contributed by atoms with Crippen molar-refractivity contribution >= 4 is 26.5 Å². The molecule has 4 heterocycles. The molecule has 14 heteroatoms. The van der Waals surface area contributed by atoms with E-state index in [2.05, 4.69) is 14.8 Å². The van der Waals surface area contributed by atoms with Gasteiger partial charge in [-0.25, -0.2) is 17.8 Å². The van der Waals surface area contributed by atoms with E-state index in [1.807, 2.05) is 4.90 Å². The normalized spacial score (nSPS) is 23.2. The fraction of sp³-hybridized carbons (Fsp3) is 0.455. The summed E-state index contributed by atoms with van der Waals surface area (Å²) in [7, 11) is -2.60. The number of likely N-dealkylation sites (tertiary alicyclic amines) is 1. The first-order valence-corrected chi connectivity index (χ1v) is 13.6. The van der Waals surface area contributed by atoms with Crippen LogP contribution in [0.25, 0.3) is 0 Å². The Balaban J connectivity index is 1.50. The van der Waals surface area contributed by atoms with Gasteiger partial charge >= 0.3 is 6.18 Å². The van der Waals surface area contributed by atoms with Crippen LogP contribution in [0.5, 0.6) is 5.75 Å². The van der Waals surface area contributed by atoms with E-state index in [-0.39, 0.29) is 36.9 Å². The number of aryl methyl sites for hydroxylation is 1. The number of sulfonamides is 1. The van der Waals surface area contributed by atoms with Crippen LogP contribution in [-0.4, -0.2) is 47.4 Å². The van der Waals surface area contributed by atoms with Crippen molar-refractivity contribution in [2.45, 2.75) is 42.4 Å². The summed E-state index contributed by atoms with van der Waals surface area (Å²) in [5, 5.41) is 5.81. The van der Waals surface area contributed by atoms with E-state index in [4.69, 9.17) is 4.74 Å². The Morgan fingerprint density at radius 3 is 2.67 bits per heavy atom. The van der Waals surface area contributed by atoms with Gasteiger partial charge in [-0.05, 0) is 25.0 Å². The second kappa shape index (κ2) is 9.30. The highest BCUT2D eigenvalue weighted by atomic mass is 32.2. The van der Waals surface area contributed by atoms with Gasteiger partial charge in [0.2, 0.25) is 0 Å². The van der Waals surface area contributed by atoms with Gasteiger partial charge in [0, 0.05) is 55.5 Å². The third-order valence-electron chi connectivity index (χ3n) is 6.72. The van der Waals surface area contributed by atoms with Gasteiger partial charge in [-0.2, -0.15) is 18.3 Å².